The highest BCUT2D eigenvalue weighted by Crippen LogP contribution is 2.01. The van der Waals surface area contributed by atoms with Gasteiger partial charge in [0.15, 0.2) is 0 Å². The van der Waals surface area contributed by atoms with E-state index in [2.05, 4.69) is 40.3 Å². The molecule has 5 heteroatoms. The molecule has 0 aliphatic rings. The number of aromatic nitrogens is 4. The van der Waals surface area contributed by atoms with Crippen molar-refractivity contribution >= 4 is 0 Å². The molecule has 2 aromatic heterocycles. The van der Waals surface area contributed by atoms with E-state index < -0.39 is 0 Å². The Balaban J connectivity index is 1.85. The Labute approximate surface area is 107 Å². The molecule has 96 valence electrons. The lowest BCUT2D eigenvalue weighted by Gasteiger charge is -2.09. The lowest BCUT2D eigenvalue weighted by Crippen LogP contribution is -2.18. The molecule has 0 amide bonds. The van der Waals surface area contributed by atoms with Crippen molar-refractivity contribution < 1.29 is 0 Å². The van der Waals surface area contributed by atoms with E-state index in [0.717, 1.165) is 25.5 Å². The van der Waals surface area contributed by atoms with Gasteiger partial charge < -0.3 is 5.32 Å². The van der Waals surface area contributed by atoms with E-state index in [1.165, 1.54) is 5.56 Å². The molecule has 5 nitrogen and oxygen atoms in total. The van der Waals surface area contributed by atoms with Gasteiger partial charge in [0.25, 0.3) is 0 Å². The first-order valence-corrected chi connectivity index (χ1v) is 6.22. The highest BCUT2D eigenvalue weighted by molar-refractivity contribution is 5.07. The van der Waals surface area contributed by atoms with Crippen molar-refractivity contribution in [2.75, 3.05) is 0 Å². The predicted octanol–water partition coefficient (Wildman–Crippen LogP) is 1.62. The molecule has 0 aromatic carbocycles. The topological polar surface area (TPSA) is 55.6 Å². The Morgan fingerprint density at radius 3 is 2.94 bits per heavy atom. The van der Waals surface area contributed by atoms with E-state index in [-0.39, 0.29) is 0 Å². The molecule has 0 fully saturated rings. The van der Waals surface area contributed by atoms with Crippen LogP contribution in [0, 0.1) is 5.92 Å². The fourth-order valence-electron chi connectivity index (χ4n) is 1.74. The molecule has 0 spiro atoms. The first-order valence-electron chi connectivity index (χ1n) is 6.22. The largest absolute Gasteiger partial charge is 0.306 e. The maximum absolute atomic E-state index is 4.27. The number of hydrogen-bond donors (Lipinski definition) is 1. The van der Waals surface area contributed by atoms with Gasteiger partial charge in [-0.05, 0) is 17.5 Å². The normalized spacial score (nSPS) is 11.1. The maximum Gasteiger partial charge on any atom is 0.140 e. The second-order valence-corrected chi connectivity index (χ2v) is 4.72. The van der Waals surface area contributed by atoms with Crippen LogP contribution in [-0.2, 0) is 19.6 Å². The first kappa shape index (κ1) is 12.7. The quantitative estimate of drug-likeness (QED) is 0.840. The molecule has 18 heavy (non-hydrogen) atoms. The summed E-state index contributed by atoms with van der Waals surface area (Å²) in [5, 5.41) is 7.59. The molecule has 0 bridgehead atoms. The van der Waals surface area contributed by atoms with Crippen LogP contribution in [0.2, 0.25) is 0 Å². The molecule has 2 rings (SSSR count). The molecule has 0 aliphatic carbocycles. The van der Waals surface area contributed by atoms with Gasteiger partial charge in [0.05, 0.1) is 6.54 Å². The van der Waals surface area contributed by atoms with Crippen molar-refractivity contribution in [2.24, 2.45) is 5.92 Å². The zero-order valence-corrected chi connectivity index (χ0v) is 10.9. The molecule has 0 saturated carbocycles. The molecule has 0 unspecified atom stereocenters. The summed E-state index contributed by atoms with van der Waals surface area (Å²) in [5.74, 6) is 1.55. The maximum atomic E-state index is 4.27. The highest BCUT2D eigenvalue weighted by Gasteiger charge is 2.05. The summed E-state index contributed by atoms with van der Waals surface area (Å²) in [6.45, 7) is 6.77. The van der Waals surface area contributed by atoms with Crippen LogP contribution in [0.1, 0.15) is 25.2 Å². The van der Waals surface area contributed by atoms with Gasteiger partial charge in [-0.1, -0.05) is 19.9 Å². The minimum absolute atomic E-state index is 0.573. The van der Waals surface area contributed by atoms with Gasteiger partial charge in [0.2, 0.25) is 0 Å². The van der Waals surface area contributed by atoms with E-state index >= 15 is 0 Å². The van der Waals surface area contributed by atoms with Gasteiger partial charge in [-0.3, -0.25) is 4.98 Å². The minimum atomic E-state index is 0.573. The molecular weight excluding hydrogens is 226 g/mol. The lowest BCUT2D eigenvalue weighted by molar-refractivity contribution is 0.457. The third kappa shape index (κ3) is 3.63. The van der Waals surface area contributed by atoms with Crippen molar-refractivity contribution in [2.45, 2.75) is 33.5 Å². The zero-order valence-electron chi connectivity index (χ0n) is 10.9. The zero-order chi connectivity index (χ0) is 12.8. The molecule has 2 heterocycles. The van der Waals surface area contributed by atoms with E-state index in [0.29, 0.717) is 5.92 Å². The van der Waals surface area contributed by atoms with E-state index in [1.54, 1.807) is 12.5 Å². The van der Waals surface area contributed by atoms with Crippen LogP contribution in [-0.4, -0.2) is 19.7 Å². The van der Waals surface area contributed by atoms with Crippen molar-refractivity contribution in [1.29, 1.82) is 0 Å². The summed E-state index contributed by atoms with van der Waals surface area (Å²) in [4.78, 5) is 8.36. The van der Waals surface area contributed by atoms with Crippen molar-refractivity contribution in [3.05, 3.63) is 42.2 Å². The average Bonchev–Trinajstić information content (AvgIpc) is 2.77. The van der Waals surface area contributed by atoms with Crippen LogP contribution >= 0.6 is 0 Å². The number of hydrogen-bond acceptors (Lipinski definition) is 4. The highest BCUT2D eigenvalue weighted by atomic mass is 15.3. The minimum Gasteiger partial charge on any atom is -0.306 e. The van der Waals surface area contributed by atoms with Crippen LogP contribution in [0.3, 0.4) is 0 Å². The Hall–Kier alpha value is -1.75. The third-order valence-electron chi connectivity index (χ3n) is 2.57. The van der Waals surface area contributed by atoms with Crippen molar-refractivity contribution in [3.8, 4) is 0 Å². The first-order chi connectivity index (χ1) is 8.75. The summed E-state index contributed by atoms with van der Waals surface area (Å²) in [7, 11) is 0. The molecular formula is C13H19N5. The van der Waals surface area contributed by atoms with Crippen molar-refractivity contribution in [1.82, 2.24) is 25.1 Å². The molecule has 0 saturated heterocycles. The summed E-state index contributed by atoms with van der Waals surface area (Å²) in [5.41, 5.74) is 1.17. The predicted molar refractivity (Wildman–Crippen MR) is 69.6 cm³/mol. The second-order valence-electron chi connectivity index (χ2n) is 4.72. The average molecular weight is 245 g/mol. The van der Waals surface area contributed by atoms with Gasteiger partial charge in [0, 0.05) is 25.5 Å². The molecule has 1 N–H and O–H groups in total. The molecule has 2 aromatic rings. The Bertz CT molecular complexity index is 463. The van der Waals surface area contributed by atoms with Crippen molar-refractivity contribution in [3.63, 3.8) is 0 Å². The Kier molecular flexibility index (Phi) is 4.41. The van der Waals surface area contributed by atoms with Gasteiger partial charge >= 0.3 is 0 Å². The standard InChI is InChI=1S/C13H19N5/c1-11(2)9-18-13(16-10-17-18)8-15-7-12-4-3-5-14-6-12/h3-6,10-11,15H,7-9H2,1-2H3. The van der Waals surface area contributed by atoms with Crippen LogP contribution in [0.5, 0.6) is 0 Å². The summed E-state index contributed by atoms with van der Waals surface area (Å²) >= 11 is 0. The smallest absolute Gasteiger partial charge is 0.140 e. The van der Waals surface area contributed by atoms with Gasteiger partial charge in [-0.15, -0.1) is 0 Å². The van der Waals surface area contributed by atoms with Gasteiger partial charge in [-0.25, -0.2) is 9.67 Å². The van der Waals surface area contributed by atoms with E-state index in [9.17, 15) is 0 Å². The Morgan fingerprint density at radius 1 is 1.33 bits per heavy atom. The number of nitrogens with one attached hydrogen (secondary N) is 1. The number of rotatable bonds is 6. The summed E-state index contributed by atoms with van der Waals surface area (Å²) in [6, 6.07) is 4.00. The molecule has 0 aliphatic heterocycles. The van der Waals surface area contributed by atoms with Gasteiger partial charge in [0.1, 0.15) is 12.2 Å². The number of pyridine rings is 1. The second kappa shape index (κ2) is 6.26. The van der Waals surface area contributed by atoms with E-state index in [4.69, 9.17) is 0 Å². The SMILES string of the molecule is CC(C)Cn1ncnc1CNCc1cccnc1. The monoisotopic (exact) mass is 245 g/mol. The fraction of sp³-hybridized carbons (Fsp3) is 0.462. The van der Waals surface area contributed by atoms with E-state index in [1.807, 2.05) is 16.9 Å². The van der Waals surface area contributed by atoms with Crippen LogP contribution in [0.4, 0.5) is 0 Å². The Morgan fingerprint density at radius 2 is 2.22 bits per heavy atom. The number of nitrogens with zero attached hydrogens (tertiary/aromatic N) is 4. The fourth-order valence-corrected chi connectivity index (χ4v) is 1.74. The van der Waals surface area contributed by atoms with Crippen LogP contribution in [0.25, 0.3) is 0 Å². The molecule has 0 radical (unpaired) electrons. The van der Waals surface area contributed by atoms with Crippen LogP contribution in [0.15, 0.2) is 30.9 Å². The van der Waals surface area contributed by atoms with Gasteiger partial charge in [-0.2, -0.15) is 5.10 Å². The molecule has 0 atom stereocenters. The summed E-state index contributed by atoms with van der Waals surface area (Å²) < 4.78 is 1.96. The van der Waals surface area contributed by atoms with Crippen LogP contribution < -0.4 is 5.32 Å². The lowest BCUT2D eigenvalue weighted by atomic mass is 10.2. The third-order valence-corrected chi connectivity index (χ3v) is 2.57. The summed E-state index contributed by atoms with van der Waals surface area (Å²) in [6.07, 6.45) is 5.26.